The van der Waals surface area contributed by atoms with E-state index in [1.807, 2.05) is 82.4 Å². The number of ether oxygens (including phenoxy) is 2. The zero-order valence-corrected chi connectivity index (χ0v) is 21.6. The van der Waals surface area contributed by atoms with E-state index in [1.165, 1.54) is 13.2 Å². The normalized spacial score (nSPS) is 27.4. The molecule has 33 heavy (non-hydrogen) atoms. The number of aliphatic hydroxyl groups is 1. The molecule has 2 unspecified atom stereocenters. The summed E-state index contributed by atoms with van der Waals surface area (Å²) in [5, 5.41) is 11.6. The molecule has 1 aliphatic carbocycles. The first kappa shape index (κ1) is 28.6. The molecule has 4 nitrogen and oxygen atoms in total. The van der Waals surface area contributed by atoms with E-state index in [4.69, 9.17) is 4.74 Å². The molecule has 0 aliphatic heterocycles. The molecule has 1 fully saturated rings. The van der Waals surface area contributed by atoms with E-state index in [0.29, 0.717) is 0 Å². The highest BCUT2D eigenvalue weighted by Crippen LogP contribution is 2.51. The Morgan fingerprint density at radius 1 is 0.788 bits per heavy atom. The summed E-state index contributed by atoms with van der Waals surface area (Å²) >= 11 is 0. The van der Waals surface area contributed by atoms with Gasteiger partial charge >= 0.3 is 5.97 Å². The highest BCUT2D eigenvalue weighted by molar-refractivity contribution is 5.82. The lowest BCUT2D eigenvalue weighted by Crippen LogP contribution is -2.63. The molecule has 0 aromatic rings. The van der Waals surface area contributed by atoms with Crippen LogP contribution in [0.5, 0.6) is 0 Å². The van der Waals surface area contributed by atoms with Gasteiger partial charge in [-0.3, -0.25) is 0 Å². The second-order valence-electron chi connectivity index (χ2n) is 9.60. The maximum Gasteiger partial charge on any atom is 0.330 e. The van der Waals surface area contributed by atoms with Crippen LogP contribution in [-0.2, 0) is 14.3 Å². The topological polar surface area (TPSA) is 55.8 Å². The number of methoxy groups -OCH3 is 2. The van der Waals surface area contributed by atoms with Gasteiger partial charge in [0.05, 0.1) is 12.7 Å². The molecule has 0 amide bonds. The molecule has 0 aromatic heterocycles. The Balaban J connectivity index is 2.81. The standard InChI is InChI=1S/C29H42O4/c1-23(13-9-10-14-24(2)17-18-26(30)32-7)15-11-16-25(3)19-22-29(31)27(4,5)20-12-21-28(29,6)33-8/h9-11,13-19,22,31H,12,20-21H2,1-8H3/b10-9+,15-11+,18-17+,22-19+,23-13+,24-14+,25-16+. The molecule has 4 heteroatoms. The molecule has 0 aromatic carbocycles. The molecule has 1 rings (SSSR count). The summed E-state index contributed by atoms with van der Waals surface area (Å²) in [6.45, 7) is 12.2. The molecule has 2 atom stereocenters. The first-order chi connectivity index (χ1) is 15.4. The first-order valence-electron chi connectivity index (χ1n) is 11.5. The van der Waals surface area contributed by atoms with E-state index in [0.717, 1.165) is 36.0 Å². The molecule has 0 bridgehead atoms. The SMILES string of the molecule is COC(=O)/C=C/C(C)=C/C=C/C=C(C)/C=C/C=C(C)/C=C/C1(O)C(C)(C)CCCC1(C)OC. The third kappa shape index (κ3) is 8.13. The van der Waals surface area contributed by atoms with Crippen LogP contribution in [0.25, 0.3) is 0 Å². The molecule has 0 spiro atoms. The van der Waals surface area contributed by atoms with Crippen molar-refractivity contribution in [3.05, 3.63) is 83.6 Å². The highest BCUT2D eigenvalue weighted by Gasteiger charge is 2.57. The van der Waals surface area contributed by atoms with Gasteiger partial charge in [0.15, 0.2) is 0 Å². The van der Waals surface area contributed by atoms with Crippen LogP contribution in [0.4, 0.5) is 0 Å². The van der Waals surface area contributed by atoms with Crippen LogP contribution >= 0.6 is 0 Å². The van der Waals surface area contributed by atoms with Gasteiger partial charge in [-0.05, 0) is 58.4 Å². The minimum Gasteiger partial charge on any atom is -0.466 e. The zero-order chi connectivity index (χ0) is 25.1. The molecule has 1 aliphatic rings. The van der Waals surface area contributed by atoms with Gasteiger partial charge < -0.3 is 14.6 Å². The van der Waals surface area contributed by atoms with Crippen molar-refractivity contribution in [2.24, 2.45) is 5.41 Å². The van der Waals surface area contributed by atoms with Crippen molar-refractivity contribution in [2.45, 2.75) is 72.0 Å². The molecule has 0 saturated heterocycles. The molecule has 182 valence electrons. The van der Waals surface area contributed by atoms with E-state index in [1.54, 1.807) is 13.2 Å². The van der Waals surface area contributed by atoms with Gasteiger partial charge in [-0.1, -0.05) is 85.3 Å². The van der Waals surface area contributed by atoms with Gasteiger partial charge in [0.25, 0.3) is 0 Å². The minimum atomic E-state index is -1.04. The predicted molar refractivity (Wildman–Crippen MR) is 138 cm³/mol. The summed E-state index contributed by atoms with van der Waals surface area (Å²) in [7, 11) is 3.04. The van der Waals surface area contributed by atoms with E-state index < -0.39 is 11.2 Å². The maximum absolute atomic E-state index is 11.6. The summed E-state index contributed by atoms with van der Waals surface area (Å²) in [6.07, 6.45) is 23.8. The molecular weight excluding hydrogens is 412 g/mol. The lowest BCUT2D eigenvalue weighted by Gasteiger charge is -2.55. The van der Waals surface area contributed by atoms with Crippen LogP contribution in [0.2, 0.25) is 0 Å². The Morgan fingerprint density at radius 3 is 1.91 bits per heavy atom. The zero-order valence-electron chi connectivity index (χ0n) is 21.6. The minimum absolute atomic E-state index is 0.268. The molecule has 1 N–H and O–H groups in total. The van der Waals surface area contributed by atoms with Crippen LogP contribution in [0.1, 0.15) is 60.8 Å². The average Bonchev–Trinajstić information content (AvgIpc) is 2.77. The number of carbonyl (C=O) groups is 1. The molecular formula is C29H42O4. The van der Waals surface area contributed by atoms with Crippen LogP contribution < -0.4 is 0 Å². The van der Waals surface area contributed by atoms with Crippen molar-refractivity contribution in [3.63, 3.8) is 0 Å². The number of allylic oxidation sites excluding steroid dienone is 12. The van der Waals surface area contributed by atoms with Gasteiger partial charge in [0.1, 0.15) is 5.60 Å². The van der Waals surface area contributed by atoms with Crippen molar-refractivity contribution in [1.29, 1.82) is 0 Å². The van der Waals surface area contributed by atoms with Gasteiger partial charge in [-0.2, -0.15) is 0 Å². The Labute approximate surface area is 200 Å². The van der Waals surface area contributed by atoms with Crippen LogP contribution in [0, 0.1) is 5.41 Å². The number of hydrogen-bond donors (Lipinski definition) is 1. The highest BCUT2D eigenvalue weighted by atomic mass is 16.5. The monoisotopic (exact) mass is 454 g/mol. The van der Waals surface area contributed by atoms with E-state index in [9.17, 15) is 9.90 Å². The predicted octanol–water partition coefficient (Wildman–Crippen LogP) is 6.57. The number of esters is 1. The lowest BCUT2D eigenvalue weighted by atomic mass is 9.58. The van der Waals surface area contributed by atoms with Crippen molar-refractivity contribution < 1.29 is 19.4 Å². The summed E-state index contributed by atoms with van der Waals surface area (Å²) in [4.78, 5) is 11.1. The molecule has 0 heterocycles. The number of carbonyl (C=O) groups excluding carboxylic acids is 1. The fourth-order valence-corrected chi connectivity index (χ4v) is 4.08. The Kier molecular flexibility index (Phi) is 11.0. The van der Waals surface area contributed by atoms with E-state index >= 15 is 0 Å². The van der Waals surface area contributed by atoms with Gasteiger partial charge in [-0.25, -0.2) is 4.79 Å². The molecule has 0 radical (unpaired) electrons. The lowest BCUT2D eigenvalue weighted by molar-refractivity contribution is -0.208. The summed E-state index contributed by atoms with van der Waals surface area (Å²) in [5.74, 6) is -0.366. The summed E-state index contributed by atoms with van der Waals surface area (Å²) < 4.78 is 10.4. The number of rotatable bonds is 9. The second-order valence-corrected chi connectivity index (χ2v) is 9.60. The first-order valence-corrected chi connectivity index (χ1v) is 11.5. The van der Waals surface area contributed by atoms with Crippen molar-refractivity contribution >= 4 is 5.97 Å². The van der Waals surface area contributed by atoms with Crippen molar-refractivity contribution in [3.8, 4) is 0 Å². The van der Waals surface area contributed by atoms with Gasteiger partial charge in [0.2, 0.25) is 0 Å². The van der Waals surface area contributed by atoms with Crippen molar-refractivity contribution in [1.82, 2.24) is 0 Å². The van der Waals surface area contributed by atoms with Crippen molar-refractivity contribution in [2.75, 3.05) is 14.2 Å². The number of hydrogen-bond acceptors (Lipinski definition) is 4. The fraction of sp³-hybridized carbons (Fsp3) is 0.483. The Morgan fingerprint density at radius 2 is 1.33 bits per heavy atom. The van der Waals surface area contributed by atoms with Crippen LogP contribution in [0.3, 0.4) is 0 Å². The van der Waals surface area contributed by atoms with Gasteiger partial charge in [0, 0.05) is 13.2 Å². The third-order valence-corrected chi connectivity index (χ3v) is 6.56. The summed E-state index contributed by atoms with van der Waals surface area (Å²) in [5.41, 5.74) is 1.21. The quantitative estimate of drug-likeness (QED) is 0.243. The smallest absolute Gasteiger partial charge is 0.330 e. The van der Waals surface area contributed by atoms with Crippen LogP contribution in [0.15, 0.2) is 83.6 Å². The van der Waals surface area contributed by atoms with Gasteiger partial charge in [-0.15, -0.1) is 0 Å². The van der Waals surface area contributed by atoms with E-state index in [-0.39, 0.29) is 11.4 Å². The fourth-order valence-electron chi connectivity index (χ4n) is 4.08. The van der Waals surface area contributed by atoms with E-state index in [2.05, 4.69) is 18.6 Å². The third-order valence-electron chi connectivity index (χ3n) is 6.56. The van der Waals surface area contributed by atoms with Crippen LogP contribution in [-0.4, -0.2) is 36.5 Å². The summed E-state index contributed by atoms with van der Waals surface area (Å²) in [6, 6.07) is 0. The average molecular weight is 455 g/mol. The Bertz CT molecular complexity index is 879. The molecule has 1 saturated carbocycles. The largest absolute Gasteiger partial charge is 0.466 e. The second kappa shape index (κ2) is 12.7. The Hall–Kier alpha value is -2.43. The maximum atomic E-state index is 11.6.